The topological polar surface area (TPSA) is 121 Å². The van der Waals surface area contributed by atoms with Gasteiger partial charge in [0.2, 0.25) is 0 Å². The summed E-state index contributed by atoms with van der Waals surface area (Å²) in [5.41, 5.74) is 2.56. The van der Waals surface area contributed by atoms with Crippen LogP contribution < -0.4 is 34.7 Å². The van der Waals surface area contributed by atoms with Crippen molar-refractivity contribution in [3.05, 3.63) is 81.6 Å². The van der Waals surface area contributed by atoms with Gasteiger partial charge < -0.3 is 25.4 Å². The fraction of sp³-hybridized carbons (Fsp3) is 0.158. The second-order valence-corrected chi connectivity index (χ2v) is 6.98. The van der Waals surface area contributed by atoms with Crippen molar-refractivity contribution in [1.29, 1.82) is 0 Å². The number of aryl methyl sites for hydroxylation is 1. The summed E-state index contributed by atoms with van der Waals surface area (Å²) in [5.74, 6) is -1.07. The molecule has 1 unspecified atom stereocenters. The van der Waals surface area contributed by atoms with Crippen LogP contribution in [0.2, 0.25) is 0 Å². The molecule has 6 nitrogen and oxygen atoms in total. The van der Waals surface area contributed by atoms with Gasteiger partial charge >= 0.3 is 29.6 Å². The molecule has 1 atom stereocenters. The molecular weight excluding hydrogens is 375 g/mol. The van der Waals surface area contributed by atoms with Gasteiger partial charge in [-0.3, -0.25) is 0 Å². The van der Waals surface area contributed by atoms with Crippen LogP contribution >= 0.6 is 11.3 Å². The number of fused-ring (bicyclic) bond motifs is 1. The van der Waals surface area contributed by atoms with E-state index in [-0.39, 0.29) is 46.6 Å². The number of rotatable bonds is 4. The van der Waals surface area contributed by atoms with Crippen LogP contribution in [0.3, 0.4) is 0 Å². The number of carboxylic acids is 1. The minimum atomic E-state index is -1.07. The number of nitrogens with zero attached hydrogens (tertiary/aromatic N) is 2. The van der Waals surface area contributed by atoms with E-state index in [1.807, 2.05) is 30.7 Å². The molecule has 0 radical (unpaired) electrons. The van der Waals surface area contributed by atoms with Crippen molar-refractivity contribution < 1.29 is 50.4 Å². The molecule has 136 valence electrons. The summed E-state index contributed by atoms with van der Waals surface area (Å²) in [6.07, 6.45) is 8.60. The van der Waals surface area contributed by atoms with Gasteiger partial charge in [0.25, 0.3) is 0 Å². The quantitative estimate of drug-likeness (QED) is 0.477. The second kappa shape index (κ2) is 9.98. The minimum absolute atomic E-state index is 0. The van der Waals surface area contributed by atoms with Gasteiger partial charge in [0.15, 0.2) is 0 Å². The first-order chi connectivity index (χ1) is 11.7. The Morgan fingerprint density at radius 2 is 1.93 bits per heavy atom. The van der Waals surface area contributed by atoms with Crippen LogP contribution in [-0.4, -0.2) is 26.5 Å². The van der Waals surface area contributed by atoms with Crippen molar-refractivity contribution in [3.8, 4) is 0 Å². The predicted molar refractivity (Wildman–Crippen MR) is 98.8 cm³/mol. The van der Waals surface area contributed by atoms with Gasteiger partial charge in [-0.25, -0.2) is 4.98 Å². The molecule has 0 aliphatic heterocycles. The van der Waals surface area contributed by atoms with E-state index >= 15 is 0 Å². The Morgan fingerprint density at radius 1 is 1.19 bits per heavy atom. The van der Waals surface area contributed by atoms with Crippen LogP contribution in [0.25, 0.3) is 6.08 Å². The third-order valence-corrected chi connectivity index (χ3v) is 5.54. The number of carbonyl (C=O) groups excluding carboxylic acids is 1. The van der Waals surface area contributed by atoms with Gasteiger partial charge in [0.1, 0.15) is 0 Å². The summed E-state index contributed by atoms with van der Waals surface area (Å²) >= 11 is 1.74. The molecule has 4 N–H and O–H groups in total. The van der Waals surface area contributed by atoms with E-state index in [9.17, 15) is 9.90 Å². The van der Waals surface area contributed by atoms with Crippen LogP contribution in [0.4, 0.5) is 0 Å². The Bertz CT molecular complexity index is 907. The molecular formula is C19H19N2NaO4S. The zero-order valence-electron chi connectivity index (χ0n) is 14.9. The first-order valence-corrected chi connectivity index (χ1v) is 8.61. The molecule has 2 aromatic heterocycles. The van der Waals surface area contributed by atoms with Crippen LogP contribution in [-0.2, 0) is 11.2 Å². The Kier molecular flexibility index (Phi) is 8.61. The van der Waals surface area contributed by atoms with Gasteiger partial charge in [-0.15, -0.1) is 11.3 Å². The number of benzene rings is 1. The number of hydrogen-bond acceptors (Lipinski definition) is 4. The van der Waals surface area contributed by atoms with Crippen molar-refractivity contribution in [3.63, 3.8) is 0 Å². The fourth-order valence-corrected chi connectivity index (χ4v) is 4.41. The third-order valence-electron chi connectivity index (χ3n) is 4.28. The van der Waals surface area contributed by atoms with E-state index in [2.05, 4.69) is 27.8 Å². The standard InChI is InChI=1S/C19H16N2O2S.Na.2H2O/c22-19(23)14-6-7-16-15(10-14)11-17(24-16)18(21-9-8-20-12-21)13-4-2-1-3-5-13;;;/h1-5,8-12,18H,6-7H2,(H,22,23);;2*1H2/q;+1;;/p-1. The van der Waals surface area contributed by atoms with Crippen molar-refractivity contribution in [2.45, 2.75) is 18.9 Å². The number of carbonyl (C=O) groups is 1. The number of imidazole rings is 1. The van der Waals surface area contributed by atoms with Gasteiger partial charge in [0.05, 0.1) is 18.3 Å². The molecule has 0 fully saturated rings. The molecule has 27 heavy (non-hydrogen) atoms. The normalized spacial score (nSPS) is 13.1. The minimum Gasteiger partial charge on any atom is -0.545 e. The maximum absolute atomic E-state index is 11.1. The number of aromatic nitrogens is 2. The maximum atomic E-state index is 11.1. The van der Waals surface area contributed by atoms with E-state index in [4.69, 9.17) is 0 Å². The van der Waals surface area contributed by atoms with Gasteiger partial charge in [0, 0.05) is 22.1 Å². The van der Waals surface area contributed by atoms with Crippen LogP contribution in [0, 0.1) is 0 Å². The second-order valence-electron chi connectivity index (χ2n) is 5.81. The summed E-state index contributed by atoms with van der Waals surface area (Å²) in [6.45, 7) is 0. The van der Waals surface area contributed by atoms with E-state index in [1.165, 1.54) is 15.3 Å². The first kappa shape index (κ1) is 23.3. The molecule has 2 heterocycles. The summed E-state index contributed by atoms with van der Waals surface area (Å²) < 4.78 is 2.08. The van der Waals surface area contributed by atoms with Gasteiger partial charge in [-0.2, -0.15) is 0 Å². The smallest absolute Gasteiger partial charge is 0.545 e. The molecule has 0 bridgehead atoms. The first-order valence-electron chi connectivity index (χ1n) is 7.79. The van der Waals surface area contributed by atoms with Gasteiger partial charge in [-0.1, -0.05) is 30.3 Å². The third kappa shape index (κ3) is 4.76. The van der Waals surface area contributed by atoms with E-state index in [0.717, 1.165) is 12.0 Å². The van der Waals surface area contributed by atoms with Gasteiger partial charge in [-0.05, 0) is 41.7 Å². The SMILES string of the molecule is O.O.O=C([O-])C1=Cc2cc(C(c3ccccc3)n3ccnc3)sc2CC1.[Na+]. The largest absolute Gasteiger partial charge is 1.00 e. The van der Waals surface area contributed by atoms with E-state index in [1.54, 1.807) is 23.6 Å². The Balaban J connectivity index is 0.00000121. The average molecular weight is 394 g/mol. The van der Waals surface area contributed by atoms with Crippen LogP contribution in [0.15, 0.2) is 60.7 Å². The van der Waals surface area contributed by atoms with Crippen LogP contribution in [0.1, 0.15) is 33.3 Å². The molecule has 8 heteroatoms. The monoisotopic (exact) mass is 394 g/mol. The molecule has 1 aromatic carbocycles. The molecule has 0 saturated heterocycles. The zero-order chi connectivity index (χ0) is 16.5. The molecule has 0 saturated carbocycles. The molecule has 3 aromatic rings. The number of aliphatic carboxylic acids is 1. The number of thiophene rings is 1. The molecule has 4 rings (SSSR count). The van der Waals surface area contributed by atoms with Crippen molar-refractivity contribution >= 4 is 23.4 Å². The molecule has 1 aliphatic rings. The van der Waals surface area contributed by atoms with Crippen molar-refractivity contribution in [1.82, 2.24) is 9.55 Å². The van der Waals surface area contributed by atoms with Crippen molar-refractivity contribution in [2.75, 3.05) is 0 Å². The van der Waals surface area contributed by atoms with E-state index in [0.29, 0.717) is 12.0 Å². The summed E-state index contributed by atoms with van der Waals surface area (Å²) in [6, 6.07) is 12.4. The van der Waals surface area contributed by atoms with Crippen LogP contribution in [0.5, 0.6) is 0 Å². The zero-order valence-corrected chi connectivity index (χ0v) is 17.7. The van der Waals surface area contributed by atoms with E-state index < -0.39 is 5.97 Å². The number of carboxylic acid groups (broad SMARTS) is 1. The average Bonchev–Trinajstić information content (AvgIpc) is 3.25. The van der Waals surface area contributed by atoms with Crippen molar-refractivity contribution in [2.24, 2.45) is 0 Å². The molecule has 0 spiro atoms. The summed E-state index contributed by atoms with van der Waals surface area (Å²) in [7, 11) is 0. The maximum Gasteiger partial charge on any atom is 1.00 e. The Morgan fingerprint density at radius 3 is 2.56 bits per heavy atom. The summed E-state index contributed by atoms with van der Waals surface area (Å²) in [5, 5.41) is 11.1. The molecule has 1 aliphatic carbocycles. The fourth-order valence-electron chi connectivity index (χ4n) is 3.13. The molecule has 0 amide bonds. The Labute approximate surface area is 183 Å². The predicted octanol–water partition coefficient (Wildman–Crippen LogP) is -1.98. The Hall–Kier alpha value is -1.74. The summed E-state index contributed by atoms with van der Waals surface area (Å²) in [4.78, 5) is 17.7. The number of hydrogen-bond donors (Lipinski definition) is 0.